The summed E-state index contributed by atoms with van der Waals surface area (Å²) >= 11 is 0. The Balaban J connectivity index is 2.36. The third-order valence-corrected chi connectivity index (χ3v) is 2.68. The third-order valence-electron chi connectivity index (χ3n) is 2.68. The van der Waals surface area contributed by atoms with Crippen molar-refractivity contribution in [3.05, 3.63) is 41.5 Å². The number of aliphatic hydroxyl groups excluding tert-OH is 1. The van der Waals surface area contributed by atoms with Crippen molar-refractivity contribution >= 4 is 5.57 Å². The van der Waals surface area contributed by atoms with Gasteiger partial charge in [0.25, 0.3) is 0 Å². The lowest BCUT2D eigenvalue weighted by Gasteiger charge is -2.11. The van der Waals surface area contributed by atoms with Crippen LogP contribution >= 0.6 is 0 Å². The standard InChI is InChI=1S/C12H14O/c1-9(8-13)11-7-6-10-4-2-3-5-12(10)11/h2-5,7,9,13H,6,8H2,1H3/t9-/m1/s1. The van der Waals surface area contributed by atoms with Crippen molar-refractivity contribution in [3.8, 4) is 0 Å². The minimum Gasteiger partial charge on any atom is -0.396 e. The fourth-order valence-electron chi connectivity index (χ4n) is 1.87. The zero-order valence-electron chi connectivity index (χ0n) is 7.83. The van der Waals surface area contributed by atoms with Gasteiger partial charge in [-0.3, -0.25) is 0 Å². The minimum absolute atomic E-state index is 0.236. The SMILES string of the molecule is C[C@H](CO)C1=CCc2ccccc21. The van der Waals surface area contributed by atoms with E-state index in [4.69, 9.17) is 5.11 Å². The average Bonchev–Trinajstić information content (AvgIpc) is 2.60. The predicted molar refractivity (Wildman–Crippen MR) is 54.4 cm³/mol. The summed E-state index contributed by atoms with van der Waals surface area (Å²) < 4.78 is 0. The summed E-state index contributed by atoms with van der Waals surface area (Å²) in [5.74, 6) is 0.267. The highest BCUT2D eigenvalue weighted by Gasteiger charge is 2.17. The van der Waals surface area contributed by atoms with E-state index >= 15 is 0 Å². The van der Waals surface area contributed by atoms with Crippen molar-refractivity contribution in [1.82, 2.24) is 0 Å². The molecule has 0 amide bonds. The lowest BCUT2D eigenvalue weighted by atomic mass is 9.96. The Morgan fingerprint density at radius 3 is 2.92 bits per heavy atom. The van der Waals surface area contributed by atoms with Crippen LogP contribution in [-0.2, 0) is 6.42 Å². The molecule has 0 heterocycles. The summed E-state index contributed by atoms with van der Waals surface area (Å²) in [6.45, 7) is 2.30. The molecule has 0 saturated carbocycles. The van der Waals surface area contributed by atoms with Gasteiger partial charge < -0.3 is 5.11 Å². The van der Waals surface area contributed by atoms with E-state index in [0.29, 0.717) is 0 Å². The van der Waals surface area contributed by atoms with Gasteiger partial charge in [-0.05, 0) is 23.1 Å². The first-order valence-electron chi connectivity index (χ1n) is 4.72. The van der Waals surface area contributed by atoms with E-state index in [0.717, 1.165) is 6.42 Å². The number of aliphatic hydroxyl groups is 1. The monoisotopic (exact) mass is 174 g/mol. The topological polar surface area (TPSA) is 20.2 Å². The van der Waals surface area contributed by atoms with Crippen molar-refractivity contribution in [1.29, 1.82) is 0 Å². The molecule has 1 aromatic rings. The molecule has 0 unspecified atom stereocenters. The molecule has 1 aromatic carbocycles. The molecule has 0 saturated heterocycles. The van der Waals surface area contributed by atoms with Crippen LogP contribution in [0.15, 0.2) is 30.3 Å². The summed E-state index contributed by atoms with van der Waals surface area (Å²) in [6.07, 6.45) is 3.25. The molecule has 2 rings (SSSR count). The zero-order chi connectivity index (χ0) is 9.26. The molecule has 1 heteroatoms. The van der Waals surface area contributed by atoms with Gasteiger partial charge >= 0.3 is 0 Å². The normalized spacial score (nSPS) is 16.6. The van der Waals surface area contributed by atoms with Crippen molar-refractivity contribution < 1.29 is 5.11 Å². The van der Waals surface area contributed by atoms with Crippen LogP contribution in [0.5, 0.6) is 0 Å². The molecule has 1 aliphatic carbocycles. The van der Waals surface area contributed by atoms with E-state index in [1.807, 2.05) is 0 Å². The van der Waals surface area contributed by atoms with Gasteiger partial charge in [0.05, 0.1) is 0 Å². The Bertz CT molecular complexity index is 339. The molecule has 0 fully saturated rings. The van der Waals surface area contributed by atoms with Gasteiger partial charge in [-0.25, -0.2) is 0 Å². The Hall–Kier alpha value is -1.08. The van der Waals surface area contributed by atoms with E-state index in [-0.39, 0.29) is 12.5 Å². The van der Waals surface area contributed by atoms with Gasteiger partial charge in [-0.15, -0.1) is 0 Å². The van der Waals surface area contributed by atoms with Crippen LogP contribution in [0.4, 0.5) is 0 Å². The van der Waals surface area contributed by atoms with Crippen LogP contribution in [0.1, 0.15) is 18.1 Å². The third kappa shape index (κ3) is 1.40. The van der Waals surface area contributed by atoms with Crippen molar-refractivity contribution in [2.75, 3.05) is 6.61 Å². The van der Waals surface area contributed by atoms with E-state index in [2.05, 4.69) is 37.3 Å². The van der Waals surface area contributed by atoms with Gasteiger partial charge in [0.15, 0.2) is 0 Å². The molecule has 0 aromatic heterocycles. The first-order chi connectivity index (χ1) is 6.33. The second-order valence-corrected chi connectivity index (χ2v) is 3.60. The van der Waals surface area contributed by atoms with Crippen LogP contribution in [0, 0.1) is 5.92 Å². The molecule has 13 heavy (non-hydrogen) atoms. The lowest BCUT2D eigenvalue weighted by Crippen LogP contribution is -2.02. The molecule has 0 radical (unpaired) electrons. The molecular weight excluding hydrogens is 160 g/mol. The molecule has 1 nitrogen and oxygen atoms in total. The van der Waals surface area contributed by atoms with Crippen LogP contribution in [0.2, 0.25) is 0 Å². The van der Waals surface area contributed by atoms with Crippen molar-refractivity contribution in [2.45, 2.75) is 13.3 Å². The van der Waals surface area contributed by atoms with Crippen molar-refractivity contribution in [3.63, 3.8) is 0 Å². The Kier molecular flexibility index (Phi) is 2.19. The second kappa shape index (κ2) is 3.35. The molecular formula is C12H14O. The highest BCUT2D eigenvalue weighted by atomic mass is 16.3. The molecule has 1 N–H and O–H groups in total. The molecule has 0 aliphatic heterocycles. The summed E-state index contributed by atoms with van der Waals surface area (Å²) in [5, 5.41) is 9.08. The highest BCUT2D eigenvalue weighted by molar-refractivity contribution is 5.74. The largest absolute Gasteiger partial charge is 0.396 e. The maximum Gasteiger partial charge on any atom is 0.0497 e. The maximum absolute atomic E-state index is 9.08. The molecule has 68 valence electrons. The number of hydrogen-bond acceptors (Lipinski definition) is 1. The van der Waals surface area contributed by atoms with Crippen LogP contribution < -0.4 is 0 Å². The zero-order valence-corrected chi connectivity index (χ0v) is 7.83. The first-order valence-corrected chi connectivity index (χ1v) is 4.72. The minimum atomic E-state index is 0.236. The highest BCUT2D eigenvalue weighted by Crippen LogP contribution is 2.32. The fourth-order valence-corrected chi connectivity index (χ4v) is 1.87. The van der Waals surface area contributed by atoms with E-state index in [1.54, 1.807) is 0 Å². The number of hydrogen-bond donors (Lipinski definition) is 1. The van der Waals surface area contributed by atoms with Gasteiger partial charge in [0, 0.05) is 12.5 Å². The summed E-state index contributed by atoms with van der Waals surface area (Å²) in [4.78, 5) is 0. The quantitative estimate of drug-likeness (QED) is 0.729. The predicted octanol–water partition coefficient (Wildman–Crippen LogP) is 2.25. The average molecular weight is 174 g/mol. The molecule has 1 atom stereocenters. The van der Waals surface area contributed by atoms with Crippen LogP contribution in [-0.4, -0.2) is 11.7 Å². The number of rotatable bonds is 2. The van der Waals surface area contributed by atoms with Gasteiger partial charge in [0.1, 0.15) is 0 Å². The van der Waals surface area contributed by atoms with E-state index in [1.165, 1.54) is 16.7 Å². The summed E-state index contributed by atoms with van der Waals surface area (Å²) in [6, 6.07) is 8.42. The summed E-state index contributed by atoms with van der Waals surface area (Å²) in [7, 11) is 0. The van der Waals surface area contributed by atoms with Crippen LogP contribution in [0.3, 0.4) is 0 Å². The molecule has 0 bridgehead atoms. The molecule has 0 spiro atoms. The summed E-state index contributed by atoms with van der Waals surface area (Å²) in [5.41, 5.74) is 4.01. The Morgan fingerprint density at radius 2 is 2.15 bits per heavy atom. The van der Waals surface area contributed by atoms with Crippen LogP contribution in [0.25, 0.3) is 5.57 Å². The van der Waals surface area contributed by atoms with Gasteiger partial charge in [0.2, 0.25) is 0 Å². The molecule has 1 aliphatic rings. The number of allylic oxidation sites excluding steroid dienone is 1. The Morgan fingerprint density at radius 1 is 1.38 bits per heavy atom. The second-order valence-electron chi connectivity index (χ2n) is 3.60. The maximum atomic E-state index is 9.08. The van der Waals surface area contributed by atoms with E-state index < -0.39 is 0 Å². The van der Waals surface area contributed by atoms with E-state index in [9.17, 15) is 0 Å². The van der Waals surface area contributed by atoms with Crippen molar-refractivity contribution in [2.24, 2.45) is 5.92 Å². The Labute approximate surface area is 78.7 Å². The van der Waals surface area contributed by atoms with Gasteiger partial charge in [-0.1, -0.05) is 37.3 Å². The first kappa shape index (κ1) is 8.52. The van der Waals surface area contributed by atoms with Gasteiger partial charge in [-0.2, -0.15) is 0 Å². The number of benzene rings is 1. The smallest absolute Gasteiger partial charge is 0.0497 e. The fraction of sp³-hybridized carbons (Fsp3) is 0.333. The lowest BCUT2D eigenvalue weighted by molar-refractivity contribution is 0.266. The number of fused-ring (bicyclic) bond motifs is 1.